The molecule has 0 spiro atoms. The van der Waals surface area contributed by atoms with Crippen LogP contribution in [0.5, 0.6) is 0 Å². The minimum atomic E-state index is -3.44. The van der Waals surface area contributed by atoms with Crippen LogP contribution in [0.1, 0.15) is 31.6 Å². The molecule has 157 valence electrons. The maximum atomic E-state index is 15.4. The average Bonchev–Trinajstić information content (AvgIpc) is 3.15. The van der Waals surface area contributed by atoms with Crippen molar-refractivity contribution >= 4 is 9.84 Å². The third kappa shape index (κ3) is 3.72. The molecule has 0 saturated carbocycles. The van der Waals surface area contributed by atoms with E-state index in [1.54, 1.807) is 13.1 Å². The molecule has 1 saturated heterocycles. The van der Waals surface area contributed by atoms with Gasteiger partial charge in [-0.25, -0.2) is 32.7 Å². The molecule has 8 nitrogen and oxygen atoms in total. The smallest absolute Gasteiger partial charge is 0.199 e. The van der Waals surface area contributed by atoms with Crippen molar-refractivity contribution in [2.75, 3.05) is 19.0 Å². The summed E-state index contributed by atoms with van der Waals surface area (Å²) in [6.07, 6.45) is 7.03. The van der Waals surface area contributed by atoms with E-state index in [-0.39, 0.29) is 28.2 Å². The van der Waals surface area contributed by atoms with Crippen LogP contribution in [0, 0.1) is 19.1 Å². The number of rotatable bonds is 5. The van der Waals surface area contributed by atoms with E-state index in [0.29, 0.717) is 24.5 Å². The maximum Gasteiger partial charge on any atom is 0.199 e. The van der Waals surface area contributed by atoms with Crippen LogP contribution in [0.3, 0.4) is 0 Å². The molecule has 1 radical (unpaired) electrons. The minimum Gasteiger partial charge on any atom is -0.381 e. The van der Waals surface area contributed by atoms with Gasteiger partial charge in [0.15, 0.2) is 27.0 Å². The van der Waals surface area contributed by atoms with Crippen molar-refractivity contribution < 1.29 is 17.5 Å². The second kappa shape index (κ2) is 8.19. The largest absolute Gasteiger partial charge is 0.381 e. The lowest BCUT2D eigenvalue weighted by Gasteiger charge is -2.26. The van der Waals surface area contributed by atoms with Gasteiger partial charge in [-0.2, -0.15) is 0 Å². The van der Waals surface area contributed by atoms with Crippen LogP contribution in [-0.4, -0.2) is 51.9 Å². The molecule has 4 rings (SSSR count). The molecule has 10 heteroatoms. The van der Waals surface area contributed by atoms with Gasteiger partial charge in [0.25, 0.3) is 0 Å². The summed E-state index contributed by atoms with van der Waals surface area (Å²) >= 11 is 0. The number of hydrogen-bond acceptors (Lipinski definition) is 7. The van der Waals surface area contributed by atoms with E-state index in [2.05, 4.69) is 26.3 Å². The normalized spacial score (nSPS) is 15.4. The van der Waals surface area contributed by atoms with Gasteiger partial charge < -0.3 is 9.30 Å². The fraction of sp³-hybridized carbons (Fsp3) is 0.400. The van der Waals surface area contributed by atoms with Crippen molar-refractivity contribution in [3.8, 4) is 22.6 Å². The summed E-state index contributed by atoms with van der Waals surface area (Å²) in [5.41, 5.74) is 0.994. The second-order valence-electron chi connectivity index (χ2n) is 7.03. The van der Waals surface area contributed by atoms with Gasteiger partial charge in [-0.05, 0) is 31.9 Å². The van der Waals surface area contributed by atoms with Gasteiger partial charge in [-0.3, -0.25) is 0 Å². The Kier molecular flexibility index (Phi) is 5.61. The molecule has 0 atom stereocenters. The Morgan fingerprint density at radius 2 is 1.90 bits per heavy atom. The van der Waals surface area contributed by atoms with Gasteiger partial charge in [0.2, 0.25) is 0 Å². The Morgan fingerprint density at radius 1 is 1.17 bits per heavy atom. The van der Waals surface area contributed by atoms with Gasteiger partial charge in [-0.15, -0.1) is 0 Å². The van der Waals surface area contributed by atoms with Gasteiger partial charge in [-0.1, -0.05) is 6.92 Å². The number of halogens is 1. The second-order valence-corrected chi connectivity index (χ2v) is 9.25. The van der Waals surface area contributed by atoms with Crippen LogP contribution in [0.4, 0.5) is 4.39 Å². The molecule has 0 aliphatic carbocycles. The SMILES string of the molecule is CCS(=O)(=O)c1ccc(-c2n[c]nc(-c3cnc(C)n3C3CCOCC3)c2F)cn1. The molecule has 0 unspecified atom stereocenters. The van der Waals surface area contributed by atoms with E-state index in [1.807, 2.05) is 11.5 Å². The van der Waals surface area contributed by atoms with E-state index >= 15 is 4.39 Å². The molecule has 0 N–H and O–H groups in total. The highest BCUT2D eigenvalue weighted by Crippen LogP contribution is 2.32. The molecule has 30 heavy (non-hydrogen) atoms. The molecule has 4 heterocycles. The van der Waals surface area contributed by atoms with Crippen LogP contribution in [0.25, 0.3) is 22.6 Å². The van der Waals surface area contributed by atoms with E-state index < -0.39 is 15.7 Å². The number of aromatic nitrogens is 5. The Hall–Kier alpha value is -2.72. The molecule has 0 aromatic carbocycles. The first-order valence-corrected chi connectivity index (χ1v) is 11.3. The Labute approximate surface area is 174 Å². The zero-order valence-electron chi connectivity index (χ0n) is 16.7. The number of aryl methyl sites for hydroxylation is 1. The summed E-state index contributed by atoms with van der Waals surface area (Å²) in [5.74, 6) is 0.0800. The van der Waals surface area contributed by atoms with Crippen molar-refractivity contribution in [2.24, 2.45) is 0 Å². The summed E-state index contributed by atoms with van der Waals surface area (Å²) in [5, 5.41) is -0.0550. The topological polar surface area (TPSA) is 99.9 Å². The Morgan fingerprint density at radius 3 is 2.57 bits per heavy atom. The lowest BCUT2D eigenvalue weighted by atomic mass is 10.1. The minimum absolute atomic E-state index is 0.00493. The number of pyridine rings is 1. The summed E-state index contributed by atoms with van der Waals surface area (Å²) in [6.45, 7) is 4.70. The molecule has 1 aliphatic heterocycles. The van der Waals surface area contributed by atoms with Crippen LogP contribution in [0.2, 0.25) is 0 Å². The lowest BCUT2D eigenvalue weighted by molar-refractivity contribution is 0.0694. The molecule has 1 aliphatic rings. The van der Waals surface area contributed by atoms with Gasteiger partial charge in [0, 0.05) is 31.0 Å². The number of nitrogens with zero attached hydrogens (tertiary/aromatic N) is 5. The summed E-state index contributed by atoms with van der Waals surface area (Å²) < 4.78 is 46.8. The highest BCUT2D eigenvalue weighted by atomic mass is 32.2. The van der Waals surface area contributed by atoms with E-state index in [0.717, 1.165) is 18.7 Å². The van der Waals surface area contributed by atoms with E-state index in [4.69, 9.17) is 4.74 Å². The average molecular weight is 430 g/mol. The molecule has 0 amide bonds. The van der Waals surface area contributed by atoms with E-state index in [1.165, 1.54) is 18.3 Å². The Balaban J connectivity index is 1.75. The van der Waals surface area contributed by atoms with Crippen LogP contribution in [-0.2, 0) is 14.6 Å². The monoisotopic (exact) mass is 430 g/mol. The number of hydrogen-bond donors (Lipinski definition) is 0. The molecule has 1 fully saturated rings. The van der Waals surface area contributed by atoms with Crippen LogP contribution in [0.15, 0.2) is 29.6 Å². The molecular formula is C20H21FN5O3S. The maximum absolute atomic E-state index is 15.4. The summed E-state index contributed by atoms with van der Waals surface area (Å²) in [4.78, 5) is 16.3. The van der Waals surface area contributed by atoms with Crippen molar-refractivity contribution in [3.05, 3.63) is 42.5 Å². The molecule has 3 aromatic heterocycles. The first-order chi connectivity index (χ1) is 14.4. The fourth-order valence-electron chi connectivity index (χ4n) is 3.58. The summed E-state index contributed by atoms with van der Waals surface area (Å²) in [6, 6.07) is 2.99. The van der Waals surface area contributed by atoms with Gasteiger partial charge in [0.1, 0.15) is 17.2 Å². The summed E-state index contributed by atoms with van der Waals surface area (Å²) in [7, 11) is -3.44. The van der Waals surface area contributed by atoms with Crippen molar-refractivity contribution in [1.82, 2.24) is 24.5 Å². The predicted octanol–water partition coefficient (Wildman–Crippen LogP) is 2.79. The van der Waals surface area contributed by atoms with Crippen LogP contribution >= 0.6 is 0 Å². The number of ether oxygens (including phenoxy) is 1. The zero-order valence-corrected chi connectivity index (χ0v) is 17.5. The quantitative estimate of drug-likeness (QED) is 0.614. The van der Waals surface area contributed by atoms with Gasteiger partial charge in [0.05, 0.1) is 17.6 Å². The number of sulfone groups is 1. The van der Waals surface area contributed by atoms with Crippen molar-refractivity contribution in [2.45, 2.75) is 37.8 Å². The van der Waals surface area contributed by atoms with Crippen molar-refractivity contribution in [1.29, 1.82) is 0 Å². The third-order valence-corrected chi connectivity index (χ3v) is 6.87. The predicted molar refractivity (Wildman–Crippen MR) is 107 cm³/mol. The lowest BCUT2D eigenvalue weighted by Crippen LogP contribution is -2.21. The molecule has 0 bridgehead atoms. The standard InChI is InChI=1S/C20H21FN5O3S/c1-3-30(27,28)17-5-4-14(10-23-17)19-18(21)20(25-12-24-19)16-11-22-13(2)26(16)15-6-8-29-9-7-15/h4-5,10-11,15H,3,6-9H2,1-2H3. The molecule has 3 aromatic rings. The highest BCUT2D eigenvalue weighted by molar-refractivity contribution is 7.91. The highest BCUT2D eigenvalue weighted by Gasteiger charge is 2.25. The molecular weight excluding hydrogens is 409 g/mol. The van der Waals surface area contributed by atoms with Gasteiger partial charge >= 0.3 is 0 Å². The fourth-order valence-corrected chi connectivity index (χ4v) is 4.37. The van der Waals surface area contributed by atoms with E-state index in [9.17, 15) is 8.42 Å². The Bertz CT molecular complexity index is 1160. The first-order valence-electron chi connectivity index (χ1n) is 9.67. The van der Waals surface area contributed by atoms with Crippen molar-refractivity contribution in [3.63, 3.8) is 0 Å². The first kappa shape index (κ1) is 20.5. The third-order valence-electron chi connectivity index (χ3n) is 5.23. The number of imidazole rings is 1. The zero-order chi connectivity index (χ0) is 21.3. The van der Waals surface area contributed by atoms with Crippen LogP contribution < -0.4 is 0 Å².